The Hall–Kier alpha value is -2.94. The molecule has 2 aromatic rings. The molecule has 0 bridgehead atoms. The molecule has 2 N–H and O–H groups in total. The van der Waals surface area contributed by atoms with Gasteiger partial charge in [0.25, 0.3) is 0 Å². The van der Waals surface area contributed by atoms with Gasteiger partial charge in [0.1, 0.15) is 11.6 Å². The van der Waals surface area contributed by atoms with Crippen molar-refractivity contribution in [3.8, 4) is 0 Å². The molecule has 9 heteroatoms. The molecule has 164 valence electrons. The minimum atomic E-state index is -0.163. The van der Waals surface area contributed by atoms with Crippen molar-refractivity contribution in [1.82, 2.24) is 25.2 Å². The predicted octanol–water partition coefficient (Wildman–Crippen LogP) is 2.60. The lowest BCUT2D eigenvalue weighted by Crippen LogP contribution is -2.49. The van der Waals surface area contributed by atoms with Crippen molar-refractivity contribution in [2.24, 2.45) is 0 Å². The fourth-order valence-corrected chi connectivity index (χ4v) is 4.93. The molecule has 5 rings (SSSR count). The van der Waals surface area contributed by atoms with E-state index in [0.717, 1.165) is 57.5 Å². The van der Waals surface area contributed by atoms with Crippen LogP contribution in [0.25, 0.3) is 0 Å². The van der Waals surface area contributed by atoms with E-state index in [9.17, 15) is 4.79 Å². The molecule has 1 spiro atoms. The van der Waals surface area contributed by atoms with Crippen LogP contribution in [0.4, 0.5) is 28.1 Å². The number of hydrogen-bond donors (Lipinski definition) is 2. The van der Waals surface area contributed by atoms with Crippen LogP contribution in [-0.2, 0) is 0 Å². The standard InChI is InChI=1S/C22H30N8O/c1-28-11-13-29(14-12-28)17-5-6-18(24-15-17)26-20-23-10-7-19(27-20)30-21(31)25-16-22(30)8-3-2-4-9-22/h5-7,10,15H,2-4,8-9,11-14,16H2,1H3,(H,25,31)(H,23,24,26,27). The highest BCUT2D eigenvalue weighted by Gasteiger charge is 2.47. The molecule has 2 aromatic heterocycles. The van der Waals surface area contributed by atoms with E-state index >= 15 is 0 Å². The third-order valence-corrected chi connectivity index (χ3v) is 6.76. The number of rotatable bonds is 4. The predicted molar refractivity (Wildman–Crippen MR) is 121 cm³/mol. The third-order valence-electron chi connectivity index (χ3n) is 6.76. The minimum Gasteiger partial charge on any atom is -0.368 e. The van der Waals surface area contributed by atoms with E-state index < -0.39 is 0 Å². The normalized spacial score (nSPS) is 21.4. The first kappa shape index (κ1) is 20.0. The van der Waals surface area contributed by atoms with E-state index in [1.165, 1.54) is 6.42 Å². The van der Waals surface area contributed by atoms with Crippen molar-refractivity contribution in [1.29, 1.82) is 0 Å². The van der Waals surface area contributed by atoms with Gasteiger partial charge in [0.05, 0.1) is 17.4 Å². The lowest BCUT2D eigenvalue weighted by Gasteiger charge is -2.39. The number of carbonyl (C=O) groups excluding carboxylic acids is 1. The Morgan fingerprint density at radius 3 is 2.58 bits per heavy atom. The Bertz CT molecular complexity index is 919. The van der Waals surface area contributed by atoms with Crippen molar-refractivity contribution in [3.05, 3.63) is 30.6 Å². The minimum absolute atomic E-state index is 0.0683. The molecule has 9 nitrogen and oxygen atoms in total. The smallest absolute Gasteiger partial charge is 0.323 e. The second-order valence-electron chi connectivity index (χ2n) is 8.83. The Kier molecular flexibility index (Phi) is 5.35. The van der Waals surface area contributed by atoms with E-state index in [1.54, 1.807) is 6.20 Å². The van der Waals surface area contributed by atoms with Gasteiger partial charge in [-0.05, 0) is 38.1 Å². The van der Waals surface area contributed by atoms with Crippen LogP contribution in [0.1, 0.15) is 32.1 Å². The van der Waals surface area contributed by atoms with Gasteiger partial charge in [0.15, 0.2) is 0 Å². The Balaban J connectivity index is 1.31. The molecule has 3 aliphatic rings. The lowest BCUT2D eigenvalue weighted by molar-refractivity contribution is 0.247. The first-order chi connectivity index (χ1) is 15.1. The zero-order valence-electron chi connectivity index (χ0n) is 18.0. The van der Waals surface area contributed by atoms with E-state index in [0.29, 0.717) is 24.1 Å². The Morgan fingerprint density at radius 1 is 1.03 bits per heavy atom. The van der Waals surface area contributed by atoms with Crippen molar-refractivity contribution < 1.29 is 4.79 Å². The highest BCUT2D eigenvalue weighted by molar-refractivity contribution is 5.95. The summed E-state index contributed by atoms with van der Waals surface area (Å²) in [4.78, 5) is 32.7. The van der Waals surface area contributed by atoms with Gasteiger partial charge < -0.3 is 20.4 Å². The Labute approximate surface area is 182 Å². The van der Waals surface area contributed by atoms with Crippen LogP contribution in [0.5, 0.6) is 0 Å². The van der Waals surface area contributed by atoms with Gasteiger partial charge >= 0.3 is 6.03 Å². The third kappa shape index (κ3) is 4.01. The van der Waals surface area contributed by atoms with Gasteiger partial charge in [-0.2, -0.15) is 4.98 Å². The molecule has 0 atom stereocenters. The summed E-state index contributed by atoms with van der Waals surface area (Å²) in [7, 11) is 2.15. The van der Waals surface area contributed by atoms with Crippen LogP contribution in [0, 0.1) is 0 Å². The van der Waals surface area contributed by atoms with Gasteiger partial charge in [-0.1, -0.05) is 19.3 Å². The molecule has 0 aromatic carbocycles. The molecule has 31 heavy (non-hydrogen) atoms. The number of aromatic nitrogens is 3. The number of anilines is 4. The molecular formula is C22H30N8O. The maximum absolute atomic E-state index is 12.6. The lowest BCUT2D eigenvalue weighted by atomic mass is 9.81. The largest absolute Gasteiger partial charge is 0.368 e. The summed E-state index contributed by atoms with van der Waals surface area (Å²) >= 11 is 0. The maximum Gasteiger partial charge on any atom is 0.323 e. The van der Waals surface area contributed by atoms with E-state index in [-0.39, 0.29) is 11.6 Å². The highest BCUT2D eigenvalue weighted by Crippen LogP contribution is 2.38. The molecule has 2 amide bonds. The average Bonchev–Trinajstić information content (AvgIpc) is 3.11. The Morgan fingerprint density at radius 2 is 1.84 bits per heavy atom. The topological polar surface area (TPSA) is 89.5 Å². The number of carbonyl (C=O) groups is 1. The number of hydrogen-bond acceptors (Lipinski definition) is 7. The molecule has 2 saturated heterocycles. The fourth-order valence-electron chi connectivity index (χ4n) is 4.93. The van der Waals surface area contributed by atoms with Crippen LogP contribution in [0.15, 0.2) is 30.6 Å². The highest BCUT2D eigenvalue weighted by atomic mass is 16.2. The number of amides is 2. The fraction of sp³-hybridized carbons (Fsp3) is 0.545. The number of likely N-dealkylation sites (N-methyl/N-ethyl adjacent to an activating group) is 1. The average molecular weight is 423 g/mol. The number of nitrogens with zero attached hydrogens (tertiary/aromatic N) is 6. The molecule has 1 aliphatic carbocycles. The molecule has 3 fully saturated rings. The summed E-state index contributed by atoms with van der Waals surface area (Å²) in [6.07, 6.45) is 9.13. The van der Waals surface area contributed by atoms with Crippen molar-refractivity contribution in [2.45, 2.75) is 37.6 Å². The van der Waals surface area contributed by atoms with Crippen molar-refractivity contribution in [2.75, 3.05) is 54.9 Å². The molecule has 4 heterocycles. The monoisotopic (exact) mass is 422 g/mol. The summed E-state index contributed by atoms with van der Waals surface area (Å²) in [5, 5.41) is 6.22. The van der Waals surface area contributed by atoms with Gasteiger partial charge in [-0.15, -0.1) is 0 Å². The zero-order valence-corrected chi connectivity index (χ0v) is 18.0. The summed E-state index contributed by atoms with van der Waals surface area (Å²) in [6, 6.07) is 5.78. The number of urea groups is 1. The number of pyridine rings is 1. The second kappa shape index (κ2) is 8.30. The first-order valence-corrected chi connectivity index (χ1v) is 11.2. The summed E-state index contributed by atoms with van der Waals surface area (Å²) in [5.41, 5.74) is 0.963. The quantitative estimate of drug-likeness (QED) is 0.783. The number of piperazine rings is 1. The van der Waals surface area contributed by atoms with Crippen molar-refractivity contribution in [3.63, 3.8) is 0 Å². The maximum atomic E-state index is 12.6. The van der Waals surface area contributed by atoms with Crippen LogP contribution >= 0.6 is 0 Å². The zero-order chi connectivity index (χ0) is 21.3. The molecule has 2 aliphatic heterocycles. The van der Waals surface area contributed by atoms with Crippen LogP contribution in [0.3, 0.4) is 0 Å². The van der Waals surface area contributed by atoms with Gasteiger partial charge in [-0.3, -0.25) is 4.90 Å². The summed E-state index contributed by atoms with van der Waals surface area (Å²) in [5.74, 6) is 1.78. The van der Waals surface area contributed by atoms with Crippen LogP contribution in [0.2, 0.25) is 0 Å². The van der Waals surface area contributed by atoms with Gasteiger partial charge in [0.2, 0.25) is 5.95 Å². The first-order valence-electron chi connectivity index (χ1n) is 11.2. The molecule has 0 unspecified atom stereocenters. The van der Waals surface area contributed by atoms with Crippen LogP contribution < -0.4 is 20.4 Å². The molecular weight excluding hydrogens is 392 g/mol. The van der Waals surface area contributed by atoms with Gasteiger partial charge in [0, 0.05) is 38.9 Å². The SMILES string of the molecule is CN1CCN(c2ccc(Nc3nccc(N4C(=O)NCC45CCCCC5)n3)nc2)CC1. The van der Waals surface area contributed by atoms with Crippen molar-refractivity contribution >= 4 is 29.3 Å². The molecule has 1 saturated carbocycles. The summed E-state index contributed by atoms with van der Waals surface area (Å²) in [6.45, 7) is 4.83. The second-order valence-corrected chi connectivity index (χ2v) is 8.83. The van der Waals surface area contributed by atoms with E-state index in [1.807, 2.05) is 23.2 Å². The van der Waals surface area contributed by atoms with Gasteiger partial charge in [-0.25, -0.2) is 14.8 Å². The van der Waals surface area contributed by atoms with E-state index in [2.05, 4.69) is 48.5 Å². The molecule has 0 radical (unpaired) electrons. The van der Waals surface area contributed by atoms with E-state index in [4.69, 9.17) is 0 Å². The van der Waals surface area contributed by atoms with Crippen LogP contribution in [-0.4, -0.2) is 71.2 Å². The number of nitrogens with one attached hydrogen (secondary N) is 2. The summed E-state index contributed by atoms with van der Waals surface area (Å²) < 4.78 is 0.